The second kappa shape index (κ2) is 25.7. The van der Waals surface area contributed by atoms with Gasteiger partial charge < -0.3 is 27.8 Å². The van der Waals surface area contributed by atoms with E-state index in [0.29, 0.717) is 0 Å². The van der Waals surface area contributed by atoms with E-state index in [1.54, 1.807) is 0 Å². The maximum absolute atomic E-state index is 6.69. The lowest BCUT2D eigenvalue weighted by Crippen LogP contribution is -2.11. The van der Waals surface area contributed by atoms with E-state index < -0.39 is 0 Å². The summed E-state index contributed by atoms with van der Waals surface area (Å²) in [5.41, 5.74) is 23.9. The Kier molecular flexibility index (Phi) is 14.8. The monoisotopic (exact) mass is 1380 g/mol. The van der Waals surface area contributed by atoms with E-state index in [9.17, 15) is 0 Å². The highest BCUT2D eigenvalue weighted by atomic mass is 16.3. The van der Waals surface area contributed by atoms with E-state index in [1.807, 2.05) is 18.2 Å². The van der Waals surface area contributed by atoms with Crippen LogP contribution in [0.3, 0.4) is 0 Å². The van der Waals surface area contributed by atoms with Crippen molar-refractivity contribution in [1.29, 1.82) is 0 Å². The van der Waals surface area contributed by atoms with Gasteiger partial charge in [0.05, 0.1) is 44.8 Å². The normalized spacial score (nSPS) is 11.7. The van der Waals surface area contributed by atoms with Gasteiger partial charge in [0, 0.05) is 76.6 Å². The summed E-state index contributed by atoms with van der Waals surface area (Å²) in [6, 6.07) is 144. The van der Waals surface area contributed by atoms with Crippen molar-refractivity contribution in [2.45, 2.75) is 0 Å². The lowest BCUT2D eigenvalue weighted by atomic mass is 10.00. The van der Waals surface area contributed by atoms with Crippen LogP contribution in [-0.2, 0) is 0 Å². The van der Waals surface area contributed by atoms with Gasteiger partial charge in [0.15, 0.2) is 11.2 Å². The van der Waals surface area contributed by atoms with Crippen LogP contribution in [0.25, 0.3) is 165 Å². The minimum absolute atomic E-state index is 0.864. The second-order valence-corrected chi connectivity index (χ2v) is 27.9. The Balaban J connectivity index is 0.000000138. The minimum atomic E-state index is 0.864. The molecule has 0 unspecified atom stereocenters. The number of anilines is 6. The number of aromatic nitrogens is 2. The molecule has 0 aliphatic rings. The molecule has 18 aromatic carbocycles. The Hall–Kier alpha value is -14.5. The molecule has 0 fully saturated rings. The van der Waals surface area contributed by atoms with E-state index >= 15 is 0 Å². The van der Waals surface area contributed by atoms with E-state index in [0.717, 1.165) is 100 Å². The smallest absolute Gasteiger partial charge is 0.159 e. The number of para-hydroxylation sites is 8. The molecule has 0 aliphatic carbocycles. The minimum Gasteiger partial charge on any atom is -0.454 e. The fourth-order valence-corrected chi connectivity index (χ4v) is 16.6. The van der Waals surface area contributed by atoms with Gasteiger partial charge in [-0.25, -0.2) is 0 Å². The Labute approximate surface area is 622 Å². The van der Waals surface area contributed by atoms with Gasteiger partial charge in [-0.15, -0.1) is 0 Å². The summed E-state index contributed by atoms with van der Waals surface area (Å²) >= 11 is 0. The maximum atomic E-state index is 6.69. The summed E-state index contributed by atoms with van der Waals surface area (Å²) in [4.78, 5) is 4.68. The van der Waals surface area contributed by atoms with Crippen molar-refractivity contribution >= 4 is 154 Å². The van der Waals surface area contributed by atoms with Gasteiger partial charge >= 0.3 is 0 Å². The summed E-state index contributed by atoms with van der Waals surface area (Å²) < 4.78 is 18.0. The van der Waals surface area contributed by atoms with Crippen molar-refractivity contribution < 1.29 is 8.83 Å². The van der Waals surface area contributed by atoms with Crippen LogP contribution in [0.1, 0.15) is 0 Å². The van der Waals surface area contributed by atoms with Crippen LogP contribution < -0.4 is 9.80 Å². The molecule has 108 heavy (non-hydrogen) atoms. The molecule has 6 heteroatoms. The molecule has 0 spiro atoms. The summed E-state index contributed by atoms with van der Waals surface area (Å²) in [5.74, 6) is 0. The molecule has 0 N–H and O–H groups in total. The molecular formula is C102H66N4O2. The third-order valence-corrected chi connectivity index (χ3v) is 21.8. The summed E-state index contributed by atoms with van der Waals surface area (Å²) in [5, 5.41) is 16.8. The molecule has 506 valence electrons. The molecular weight excluding hydrogens is 1310 g/mol. The fourth-order valence-electron chi connectivity index (χ4n) is 16.6. The van der Waals surface area contributed by atoms with Crippen molar-refractivity contribution in [2.75, 3.05) is 9.80 Å². The number of rotatable bonds is 11. The zero-order chi connectivity index (χ0) is 71.2. The Morgan fingerprint density at radius 1 is 0.194 bits per heavy atom. The average molecular weight is 1380 g/mol. The largest absolute Gasteiger partial charge is 0.454 e. The molecule has 22 aromatic rings. The number of nitrogens with zero attached hydrogens (tertiary/aromatic N) is 4. The zero-order valence-electron chi connectivity index (χ0n) is 58.7. The fraction of sp³-hybridized carbons (Fsp3) is 0. The molecule has 0 aliphatic heterocycles. The molecule has 6 nitrogen and oxygen atoms in total. The van der Waals surface area contributed by atoms with E-state index in [1.165, 1.54) is 98.4 Å². The van der Waals surface area contributed by atoms with Crippen LogP contribution >= 0.6 is 0 Å². The molecule has 0 saturated heterocycles. The van der Waals surface area contributed by atoms with Crippen LogP contribution in [0.4, 0.5) is 34.1 Å². The van der Waals surface area contributed by atoms with Gasteiger partial charge in [-0.2, -0.15) is 0 Å². The first-order valence-electron chi connectivity index (χ1n) is 36.9. The first kappa shape index (κ1) is 62.1. The van der Waals surface area contributed by atoms with Crippen molar-refractivity contribution in [1.82, 2.24) is 9.13 Å². The van der Waals surface area contributed by atoms with Crippen LogP contribution in [0.5, 0.6) is 0 Å². The number of hydrogen-bond donors (Lipinski definition) is 0. The van der Waals surface area contributed by atoms with Crippen LogP contribution in [0.15, 0.2) is 409 Å². The standard InChI is InChI=1S/C52H34N2O.C50H32N2O/c1-2-11-39-34-40(21-20-35(39)10-1)38-26-30-42(31-27-38)53(50-18-9-15-47-46-14-5-8-19-51(46)55-52(47)50)41-28-22-36(23-29-41)37-24-32-43(33-25-37)54-48-16-6-3-12-44(48)45-13-4-7-17-49(45)54;1-2-13-35-32-36(25-24-33(35)12-1)34-26-28-37(29-27-34)51(48-22-11-19-43-42-18-7-10-23-49(42)53-50(43)48)46-30-31-47(41-15-4-3-14-40(41)46)52-44-20-8-5-16-38(44)39-17-6-9-21-45(39)52/h1-34H;1-32H. The van der Waals surface area contributed by atoms with E-state index in [-0.39, 0.29) is 0 Å². The van der Waals surface area contributed by atoms with Crippen LogP contribution in [0, 0.1) is 0 Å². The summed E-state index contributed by atoms with van der Waals surface area (Å²) in [6.07, 6.45) is 0. The lowest BCUT2D eigenvalue weighted by molar-refractivity contribution is 0.668. The van der Waals surface area contributed by atoms with Crippen molar-refractivity contribution in [3.05, 3.63) is 400 Å². The molecule has 0 saturated carbocycles. The summed E-state index contributed by atoms with van der Waals surface area (Å²) in [6.45, 7) is 0. The molecule has 0 atom stereocenters. The Morgan fingerprint density at radius 2 is 0.528 bits per heavy atom. The highest BCUT2D eigenvalue weighted by molar-refractivity contribution is 6.16. The van der Waals surface area contributed by atoms with Crippen molar-refractivity contribution in [3.8, 4) is 44.8 Å². The number of fused-ring (bicyclic) bond motifs is 15. The third kappa shape index (κ3) is 10.5. The second-order valence-electron chi connectivity index (χ2n) is 27.9. The van der Waals surface area contributed by atoms with Gasteiger partial charge in [-0.05, 0) is 176 Å². The predicted octanol–water partition coefficient (Wildman–Crippen LogP) is 28.8. The summed E-state index contributed by atoms with van der Waals surface area (Å²) in [7, 11) is 0. The highest BCUT2D eigenvalue weighted by Crippen LogP contribution is 2.48. The molecule has 0 amide bonds. The van der Waals surface area contributed by atoms with Crippen molar-refractivity contribution in [3.63, 3.8) is 0 Å². The maximum Gasteiger partial charge on any atom is 0.159 e. The van der Waals surface area contributed by atoms with Gasteiger partial charge in [-0.3, -0.25) is 0 Å². The lowest BCUT2D eigenvalue weighted by Gasteiger charge is -2.28. The first-order chi connectivity index (χ1) is 53.6. The quantitative estimate of drug-likeness (QED) is 0.129. The molecule has 0 radical (unpaired) electrons. The average Bonchev–Trinajstić information content (AvgIpc) is 1.54. The predicted molar refractivity (Wildman–Crippen MR) is 454 cm³/mol. The Morgan fingerprint density at radius 3 is 0.991 bits per heavy atom. The SMILES string of the molecule is c1ccc2cc(-c3ccc(N(c4ccc(-c5ccc(-n6c7ccccc7c7ccccc76)cc5)cc4)c4cccc5c4oc4ccccc45)cc3)ccc2c1.c1ccc2cc(-c3ccc(N(c4ccc(-n5c6ccccc6c6ccccc65)c5ccccc45)c4cccc5c4oc4ccccc45)cc3)ccc2c1. The van der Waals surface area contributed by atoms with Gasteiger partial charge in [0.1, 0.15) is 11.2 Å². The topological polar surface area (TPSA) is 42.6 Å². The van der Waals surface area contributed by atoms with E-state index in [4.69, 9.17) is 8.83 Å². The number of hydrogen-bond acceptors (Lipinski definition) is 4. The van der Waals surface area contributed by atoms with Crippen molar-refractivity contribution in [2.24, 2.45) is 0 Å². The van der Waals surface area contributed by atoms with Gasteiger partial charge in [-0.1, -0.05) is 279 Å². The number of benzene rings is 18. The molecule has 22 rings (SSSR count). The molecule has 0 bridgehead atoms. The molecule has 4 heterocycles. The Bertz CT molecular complexity index is 7140. The molecule has 4 aromatic heterocycles. The van der Waals surface area contributed by atoms with Gasteiger partial charge in [0.2, 0.25) is 0 Å². The van der Waals surface area contributed by atoms with Crippen LogP contribution in [0.2, 0.25) is 0 Å². The zero-order valence-corrected chi connectivity index (χ0v) is 58.7. The third-order valence-electron chi connectivity index (χ3n) is 21.8. The van der Waals surface area contributed by atoms with Crippen LogP contribution in [-0.4, -0.2) is 9.13 Å². The van der Waals surface area contributed by atoms with Gasteiger partial charge in [0.25, 0.3) is 0 Å². The van der Waals surface area contributed by atoms with E-state index in [2.05, 4.69) is 401 Å². The number of furan rings is 2. The highest BCUT2D eigenvalue weighted by Gasteiger charge is 2.25. The first-order valence-corrected chi connectivity index (χ1v) is 36.9.